The van der Waals surface area contributed by atoms with Gasteiger partial charge in [0.15, 0.2) is 5.78 Å². The molecule has 284 valence electrons. The van der Waals surface area contributed by atoms with Crippen LogP contribution in [0, 0.1) is 11.7 Å². The minimum Gasteiger partial charge on any atom is -0.444 e. The SMILES string of the molecule is C=C(C)C(=O)C[C@H](NC(=O)OC(C)(C)C)C(=O)N1C[C@H](OC(=O)N2Cc3cccc(F)c3C2)CC1C(=O)N[C@]1(C(=O)NS(=O)(=O)C2CC2)C[C@H]1CC. The van der Waals surface area contributed by atoms with Crippen LogP contribution < -0.4 is 15.4 Å². The van der Waals surface area contributed by atoms with E-state index in [0.717, 1.165) is 4.90 Å². The number of benzene rings is 1. The predicted molar refractivity (Wildman–Crippen MR) is 183 cm³/mol. The Bertz CT molecular complexity index is 1790. The standard InChI is InChI=1S/C35H46FN5O10S/c1-7-21-15-35(21,31(45)39-52(48,49)23-11-12-23)38-29(43)27-13-22(50-33(47)40-16-20-9-8-10-25(36)24(20)18-40)17-41(27)30(44)26(14-28(42)19(2)3)37-32(46)51-34(4,5)6/h8-10,21-23,26-27H,2,7,11-18H2,1,3-6H3,(H,37,46)(H,38,43)(H,39,45)/t21-,22-,26+,27?,35-/m1/s1. The fraction of sp³-hybridized carbons (Fsp3) is 0.600. The van der Waals surface area contributed by atoms with Crippen LogP contribution in [0.1, 0.15) is 84.3 Å². The van der Waals surface area contributed by atoms with Crippen LogP contribution in [-0.4, -0.2) is 95.0 Å². The van der Waals surface area contributed by atoms with Gasteiger partial charge in [0, 0.05) is 24.9 Å². The first kappa shape index (κ1) is 38.7. The molecule has 0 radical (unpaired) electrons. The topological polar surface area (TPSA) is 198 Å². The predicted octanol–water partition coefficient (Wildman–Crippen LogP) is 2.57. The zero-order chi connectivity index (χ0) is 38.3. The third-order valence-corrected chi connectivity index (χ3v) is 11.5. The van der Waals surface area contributed by atoms with Crippen molar-refractivity contribution in [1.29, 1.82) is 0 Å². The summed E-state index contributed by atoms with van der Waals surface area (Å²) in [6.07, 6.45) is -2.21. The Hall–Kier alpha value is -4.54. The van der Waals surface area contributed by atoms with Crippen molar-refractivity contribution in [3.05, 3.63) is 47.3 Å². The lowest BCUT2D eigenvalue weighted by molar-refractivity contribution is -0.142. The summed E-state index contributed by atoms with van der Waals surface area (Å²) in [7, 11) is -3.94. The maximum Gasteiger partial charge on any atom is 0.410 e. The average Bonchev–Trinajstić information content (AvgIpc) is 3.94. The first-order chi connectivity index (χ1) is 24.2. The number of allylic oxidation sites excluding steroid dienone is 1. The highest BCUT2D eigenvalue weighted by Gasteiger charge is 2.62. The van der Waals surface area contributed by atoms with Gasteiger partial charge >= 0.3 is 12.2 Å². The van der Waals surface area contributed by atoms with E-state index in [1.54, 1.807) is 33.8 Å². The van der Waals surface area contributed by atoms with Crippen molar-refractivity contribution < 1.29 is 51.0 Å². The van der Waals surface area contributed by atoms with Crippen molar-refractivity contribution >= 4 is 45.7 Å². The number of fused-ring (bicyclic) bond motifs is 1. The number of carbonyl (C=O) groups excluding carboxylic acids is 6. The second-order valence-electron chi connectivity index (χ2n) is 15.0. The number of likely N-dealkylation sites (tertiary alicyclic amines) is 1. The Morgan fingerprint density at radius 1 is 1.12 bits per heavy atom. The summed E-state index contributed by atoms with van der Waals surface area (Å²) in [6.45, 7) is 11.4. The van der Waals surface area contributed by atoms with Crippen LogP contribution in [0.3, 0.4) is 0 Å². The summed E-state index contributed by atoms with van der Waals surface area (Å²) < 4.78 is 52.9. The molecule has 5 amide bonds. The normalized spacial score (nSPS) is 24.3. The van der Waals surface area contributed by atoms with E-state index in [-0.39, 0.29) is 38.0 Å². The maximum atomic E-state index is 14.4. The van der Waals surface area contributed by atoms with E-state index in [1.807, 2.05) is 0 Å². The zero-order valence-electron chi connectivity index (χ0n) is 30.0. The van der Waals surface area contributed by atoms with Crippen molar-refractivity contribution in [3.63, 3.8) is 0 Å². The van der Waals surface area contributed by atoms with E-state index in [1.165, 1.54) is 24.0 Å². The Morgan fingerprint density at radius 3 is 2.38 bits per heavy atom. The van der Waals surface area contributed by atoms with Crippen molar-refractivity contribution in [2.24, 2.45) is 5.92 Å². The van der Waals surface area contributed by atoms with E-state index in [0.29, 0.717) is 30.4 Å². The van der Waals surface area contributed by atoms with Gasteiger partial charge in [-0.05, 0) is 70.1 Å². The van der Waals surface area contributed by atoms with Gasteiger partial charge in [0.05, 0.1) is 18.3 Å². The lowest BCUT2D eigenvalue weighted by atomic mass is 10.0. The molecule has 15 nitrogen and oxygen atoms in total. The van der Waals surface area contributed by atoms with Crippen molar-refractivity contribution in [2.75, 3.05) is 6.54 Å². The third kappa shape index (κ3) is 8.56. The number of hydrogen-bond donors (Lipinski definition) is 3. The molecule has 17 heteroatoms. The second kappa shape index (κ2) is 14.5. The van der Waals surface area contributed by atoms with Crippen molar-refractivity contribution in [3.8, 4) is 0 Å². The van der Waals surface area contributed by atoms with Crippen LogP contribution in [0.2, 0.25) is 0 Å². The molecule has 1 saturated heterocycles. The van der Waals surface area contributed by atoms with Gasteiger partial charge < -0.3 is 25.0 Å². The van der Waals surface area contributed by atoms with Crippen molar-refractivity contribution in [2.45, 2.75) is 121 Å². The summed E-state index contributed by atoms with van der Waals surface area (Å²) >= 11 is 0. The summed E-state index contributed by atoms with van der Waals surface area (Å²) in [6, 6.07) is 1.61. The van der Waals surface area contributed by atoms with Crippen LogP contribution in [0.15, 0.2) is 30.4 Å². The molecule has 3 N–H and O–H groups in total. The molecule has 5 atom stereocenters. The maximum absolute atomic E-state index is 14.4. The van der Waals surface area contributed by atoms with E-state index in [2.05, 4.69) is 21.9 Å². The highest BCUT2D eigenvalue weighted by molar-refractivity contribution is 7.91. The molecule has 0 aromatic heterocycles. The highest BCUT2D eigenvalue weighted by Crippen LogP contribution is 2.47. The van der Waals surface area contributed by atoms with Crippen LogP contribution >= 0.6 is 0 Å². The summed E-state index contributed by atoms with van der Waals surface area (Å²) in [5.74, 6) is -3.97. The molecular formula is C35H46FN5O10S. The third-order valence-electron chi connectivity index (χ3n) is 9.70. The summed E-state index contributed by atoms with van der Waals surface area (Å²) in [5.41, 5.74) is -1.45. The fourth-order valence-electron chi connectivity index (χ4n) is 6.61. The molecule has 3 fully saturated rings. The number of nitrogens with one attached hydrogen (secondary N) is 3. The molecule has 0 bridgehead atoms. The number of ketones is 1. The van der Waals surface area contributed by atoms with Crippen LogP contribution in [0.25, 0.3) is 0 Å². The first-order valence-electron chi connectivity index (χ1n) is 17.3. The van der Waals surface area contributed by atoms with Gasteiger partial charge in [0.25, 0.3) is 5.91 Å². The number of nitrogens with zero attached hydrogens (tertiary/aromatic N) is 2. The van der Waals surface area contributed by atoms with Crippen LogP contribution in [-0.2, 0) is 51.8 Å². The highest BCUT2D eigenvalue weighted by atomic mass is 32.2. The fourth-order valence-corrected chi connectivity index (χ4v) is 7.97. The molecule has 4 aliphatic rings. The molecule has 2 saturated carbocycles. The molecule has 1 aromatic carbocycles. The number of sulfonamides is 1. The smallest absolute Gasteiger partial charge is 0.410 e. The van der Waals surface area contributed by atoms with E-state index in [9.17, 15) is 41.6 Å². The number of alkyl carbamates (subject to hydrolysis) is 1. The minimum atomic E-state index is -3.94. The van der Waals surface area contributed by atoms with Gasteiger partial charge in [-0.3, -0.25) is 28.8 Å². The average molecular weight is 748 g/mol. The number of ether oxygens (including phenoxy) is 2. The zero-order valence-corrected chi connectivity index (χ0v) is 30.8. The van der Waals surface area contributed by atoms with E-state index in [4.69, 9.17) is 9.47 Å². The Labute approximate surface area is 302 Å². The number of Topliss-reactive ketones (excluding diaryl/α,β-unsaturated/α-hetero) is 1. The van der Waals surface area contributed by atoms with Gasteiger partial charge in [-0.1, -0.05) is 32.1 Å². The first-order valence-corrected chi connectivity index (χ1v) is 18.9. The molecule has 2 aliphatic carbocycles. The quantitative estimate of drug-likeness (QED) is 0.267. The molecule has 52 heavy (non-hydrogen) atoms. The molecule has 0 spiro atoms. The second-order valence-corrected chi connectivity index (χ2v) is 17.0. The van der Waals surface area contributed by atoms with Crippen LogP contribution in [0.4, 0.5) is 14.0 Å². The number of carbonyl (C=O) groups is 6. The van der Waals surface area contributed by atoms with Gasteiger partial charge in [0.1, 0.15) is 35.1 Å². The van der Waals surface area contributed by atoms with E-state index >= 15 is 0 Å². The molecular weight excluding hydrogens is 701 g/mol. The lowest BCUT2D eigenvalue weighted by Crippen LogP contribution is -2.58. The molecule has 5 rings (SSSR count). The summed E-state index contributed by atoms with van der Waals surface area (Å²) in [5, 5.41) is 4.44. The minimum absolute atomic E-state index is 0.0508. The Balaban J connectivity index is 1.39. The van der Waals surface area contributed by atoms with Gasteiger partial charge in [-0.25, -0.2) is 22.4 Å². The lowest BCUT2D eigenvalue weighted by Gasteiger charge is -2.30. The monoisotopic (exact) mass is 747 g/mol. The van der Waals surface area contributed by atoms with E-state index < -0.39 is 98.4 Å². The summed E-state index contributed by atoms with van der Waals surface area (Å²) in [4.78, 5) is 83.0. The number of halogens is 1. The Kier molecular flexibility index (Phi) is 10.8. The largest absolute Gasteiger partial charge is 0.444 e. The number of rotatable bonds is 12. The number of hydrogen-bond acceptors (Lipinski definition) is 10. The van der Waals surface area contributed by atoms with Crippen molar-refractivity contribution in [1.82, 2.24) is 25.2 Å². The number of amides is 5. The molecule has 1 aromatic rings. The van der Waals surface area contributed by atoms with Gasteiger partial charge in [-0.15, -0.1) is 0 Å². The molecule has 1 unspecified atom stereocenters. The van der Waals surface area contributed by atoms with Gasteiger partial charge in [-0.2, -0.15) is 0 Å². The van der Waals surface area contributed by atoms with Crippen LogP contribution in [0.5, 0.6) is 0 Å². The molecule has 2 aliphatic heterocycles. The Morgan fingerprint density at radius 2 is 1.81 bits per heavy atom. The van der Waals surface area contributed by atoms with Gasteiger partial charge in [0.2, 0.25) is 21.8 Å². The molecule has 2 heterocycles.